The number of nitrogens with zero attached hydrogens (tertiary/aromatic N) is 2. The molecular weight excluding hydrogens is 200 g/mol. The number of phenols is 1. The Morgan fingerprint density at radius 1 is 1.25 bits per heavy atom. The van der Waals surface area contributed by atoms with E-state index in [0.717, 1.165) is 24.1 Å². The number of aromatic nitrogens is 2. The molecule has 0 spiro atoms. The number of rotatable bonds is 3. The van der Waals surface area contributed by atoms with E-state index in [2.05, 4.69) is 15.6 Å². The molecule has 0 atom stereocenters. The van der Waals surface area contributed by atoms with Gasteiger partial charge in [0, 0.05) is 18.9 Å². The standard InChI is InChI=1S/C13H16N2O/c1-10-8-13(16)11(2)7-12(10)3-5-15-6-4-14-9-15/h4,6-9,16H,3,5H2,1-2H3. The van der Waals surface area contributed by atoms with E-state index < -0.39 is 0 Å². The highest BCUT2D eigenvalue weighted by atomic mass is 16.3. The van der Waals surface area contributed by atoms with Gasteiger partial charge in [-0.05, 0) is 43.0 Å². The van der Waals surface area contributed by atoms with Gasteiger partial charge in [0.25, 0.3) is 0 Å². The lowest BCUT2D eigenvalue weighted by Crippen LogP contribution is -2.00. The van der Waals surface area contributed by atoms with Gasteiger partial charge in [0.15, 0.2) is 0 Å². The molecule has 0 saturated heterocycles. The van der Waals surface area contributed by atoms with Gasteiger partial charge in [-0.1, -0.05) is 6.07 Å². The first-order chi connectivity index (χ1) is 7.66. The zero-order valence-corrected chi connectivity index (χ0v) is 9.64. The minimum atomic E-state index is 0.379. The Morgan fingerprint density at radius 3 is 2.75 bits per heavy atom. The lowest BCUT2D eigenvalue weighted by atomic mass is 10.0. The van der Waals surface area contributed by atoms with Crippen molar-refractivity contribution in [1.29, 1.82) is 0 Å². The van der Waals surface area contributed by atoms with Crippen LogP contribution in [-0.2, 0) is 13.0 Å². The van der Waals surface area contributed by atoms with E-state index in [1.54, 1.807) is 6.20 Å². The van der Waals surface area contributed by atoms with Crippen LogP contribution >= 0.6 is 0 Å². The largest absolute Gasteiger partial charge is 0.508 e. The van der Waals surface area contributed by atoms with Gasteiger partial charge in [0.05, 0.1) is 6.33 Å². The molecule has 16 heavy (non-hydrogen) atoms. The van der Waals surface area contributed by atoms with Crippen molar-refractivity contribution in [3.05, 3.63) is 47.5 Å². The van der Waals surface area contributed by atoms with E-state index in [1.165, 1.54) is 5.56 Å². The normalized spacial score (nSPS) is 10.6. The van der Waals surface area contributed by atoms with Crippen LogP contribution in [-0.4, -0.2) is 14.7 Å². The van der Waals surface area contributed by atoms with Crippen LogP contribution in [0.3, 0.4) is 0 Å². The average molecular weight is 216 g/mol. The van der Waals surface area contributed by atoms with Crippen molar-refractivity contribution in [3.8, 4) is 5.75 Å². The fourth-order valence-electron chi connectivity index (χ4n) is 1.80. The lowest BCUT2D eigenvalue weighted by molar-refractivity contribution is 0.470. The molecule has 0 aliphatic rings. The van der Waals surface area contributed by atoms with Gasteiger partial charge in [0.1, 0.15) is 5.75 Å². The van der Waals surface area contributed by atoms with Crippen molar-refractivity contribution in [3.63, 3.8) is 0 Å². The summed E-state index contributed by atoms with van der Waals surface area (Å²) in [4.78, 5) is 4.01. The van der Waals surface area contributed by atoms with E-state index in [4.69, 9.17) is 0 Å². The third-order valence-corrected chi connectivity index (χ3v) is 2.85. The van der Waals surface area contributed by atoms with Crippen molar-refractivity contribution in [2.45, 2.75) is 26.8 Å². The molecule has 0 fully saturated rings. The van der Waals surface area contributed by atoms with Crippen LogP contribution in [0.2, 0.25) is 0 Å². The number of hydrogen-bond acceptors (Lipinski definition) is 2. The Bertz CT molecular complexity index is 475. The van der Waals surface area contributed by atoms with Crippen LogP contribution in [0.25, 0.3) is 0 Å². The van der Waals surface area contributed by atoms with Gasteiger partial charge in [-0.15, -0.1) is 0 Å². The molecule has 0 saturated carbocycles. The van der Waals surface area contributed by atoms with Gasteiger partial charge in [-0.2, -0.15) is 0 Å². The molecule has 0 aliphatic carbocycles. The maximum Gasteiger partial charge on any atom is 0.118 e. The molecule has 0 aliphatic heterocycles. The smallest absolute Gasteiger partial charge is 0.118 e. The van der Waals surface area contributed by atoms with Crippen LogP contribution in [0.1, 0.15) is 16.7 Å². The fourth-order valence-corrected chi connectivity index (χ4v) is 1.80. The van der Waals surface area contributed by atoms with Crippen molar-refractivity contribution < 1.29 is 5.11 Å². The molecule has 0 bridgehead atoms. The summed E-state index contributed by atoms with van der Waals surface area (Å²) in [7, 11) is 0. The van der Waals surface area contributed by atoms with E-state index in [9.17, 15) is 5.11 Å². The number of phenolic OH excluding ortho intramolecular Hbond substituents is 1. The van der Waals surface area contributed by atoms with Crippen LogP contribution < -0.4 is 0 Å². The zero-order chi connectivity index (χ0) is 11.5. The number of hydrogen-bond donors (Lipinski definition) is 1. The van der Waals surface area contributed by atoms with Gasteiger partial charge in [-0.3, -0.25) is 0 Å². The minimum absolute atomic E-state index is 0.379. The average Bonchev–Trinajstić information content (AvgIpc) is 2.74. The summed E-state index contributed by atoms with van der Waals surface area (Å²) in [5.41, 5.74) is 3.36. The minimum Gasteiger partial charge on any atom is -0.508 e. The molecule has 84 valence electrons. The molecule has 1 aromatic carbocycles. The summed E-state index contributed by atoms with van der Waals surface area (Å²) in [6.45, 7) is 4.88. The van der Waals surface area contributed by atoms with Crippen molar-refractivity contribution >= 4 is 0 Å². The summed E-state index contributed by atoms with van der Waals surface area (Å²) >= 11 is 0. The second kappa shape index (κ2) is 4.39. The van der Waals surface area contributed by atoms with E-state index in [0.29, 0.717) is 5.75 Å². The van der Waals surface area contributed by atoms with Crippen LogP contribution in [0, 0.1) is 13.8 Å². The van der Waals surface area contributed by atoms with E-state index in [-0.39, 0.29) is 0 Å². The van der Waals surface area contributed by atoms with Crippen molar-refractivity contribution in [2.24, 2.45) is 0 Å². The Morgan fingerprint density at radius 2 is 2.06 bits per heavy atom. The summed E-state index contributed by atoms with van der Waals surface area (Å²) in [5, 5.41) is 9.56. The molecule has 3 nitrogen and oxygen atoms in total. The second-order valence-corrected chi connectivity index (χ2v) is 4.12. The predicted molar refractivity (Wildman–Crippen MR) is 63.5 cm³/mol. The number of imidazole rings is 1. The Hall–Kier alpha value is -1.77. The number of benzene rings is 1. The Kier molecular flexibility index (Phi) is 2.95. The monoisotopic (exact) mass is 216 g/mol. The third-order valence-electron chi connectivity index (χ3n) is 2.85. The highest BCUT2D eigenvalue weighted by molar-refractivity contribution is 5.40. The van der Waals surface area contributed by atoms with E-state index >= 15 is 0 Å². The zero-order valence-electron chi connectivity index (χ0n) is 9.64. The molecule has 2 rings (SSSR count). The van der Waals surface area contributed by atoms with E-state index in [1.807, 2.05) is 32.4 Å². The maximum absolute atomic E-state index is 9.56. The molecule has 2 aromatic rings. The second-order valence-electron chi connectivity index (χ2n) is 4.12. The molecule has 0 amide bonds. The molecule has 1 N–H and O–H groups in total. The maximum atomic E-state index is 9.56. The SMILES string of the molecule is Cc1cc(CCn2ccnc2)c(C)cc1O. The number of aryl methyl sites for hydroxylation is 4. The van der Waals surface area contributed by atoms with Crippen LogP contribution in [0.4, 0.5) is 0 Å². The summed E-state index contributed by atoms with van der Waals surface area (Å²) < 4.78 is 2.06. The summed E-state index contributed by atoms with van der Waals surface area (Å²) in [6, 6.07) is 3.89. The Balaban J connectivity index is 2.12. The quantitative estimate of drug-likeness (QED) is 0.855. The first kappa shape index (κ1) is 10.7. The van der Waals surface area contributed by atoms with Crippen molar-refractivity contribution in [2.75, 3.05) is 0 Å². The van der Waals surface area contributed by atoms with Gasteiger partial charge < -0.3 is 9.67 Å². The lowest BCUT2D eigenvalue weighted by Gasteiger charge is -2.09. The molecule has 3 heteroatoms. The van der Waals surface area contributed by atoms with Gasteiger partial charge >= 0.3 is 0 Å². The van der Waals surface area contributed by atoms with Gasteiger partial charge in [-0.25, -0.2) is 4.98 Å². The molecule has 1 heterocycles. The van der Waals surface area contributed by atoms with Crippen LogP contribution in [0.5, 0.6) is 5.75 Å². The highest BCUT2D eigenvalue weighted by Gasteiger charge is 2.03. The summed E-state index contributed by atoms with van der Waals surface area (Å²) in [5.74, 6) is 0.379. The first-order valence-corrected chi connectivity index (χ1v) is 5.41. The predicted octanol–water partition coefficient (Wildman–Crippen LogP) is 2.45. The van der Waals surface area contributed by atoms with Crippen molar-refractivity contribution in [1.82, 2.24) is 9.55 Å². The Labute approximate surface area is 95.4 Å². The first-order valence-electron chi connectivity index (χ1n) is 5.41. The third kappa shape index (κ3) is 2.24. The highest BCUT2D eigenvalue weighted by Crippen LogP contribution is 2.21. The molecule has 0 unspecified atom stereocenters. The summed E-state index contributed by atoms with van der Waals surface area (Å²) in [6.07, 6.45) is 6.53. The molecule has 1 aromatic heterocycles. The van der Waals surface area contributed by atoms with Gasteiger partial charge in [0.2, 0.25) is 0 Å². The topological polar surface area (TPSA) is 38.0 Å². The fraction of sp³-hybridized carbons (Fsp3) is 0.308. The molecule has 0 radical (unpaired) electrons. The van der Waals surface area contributed by atoms with Crippen LogP contribution in [0.15, 0.2) is 30.9 Å². The molecular formula is C13H16N2O. The number of aromatic hydroxyl groups is 1.